The molecular formula is C19H18FN3O4. The van der Waals surface area contributed by atoms with Crippen LogP contribution in [0.5, 0.6) is 11.5 Å². The molecule has 1 aromatic heterocycles. The van der Waals surface area contributed by atoms with E-state index in [0.29, 0.717) is 40.8 Å². The first kappa shape index (κ1) is 18.4. The molecule has 3 aromatic rings. The molecule has 0 bridgehead atoms. The van der Waals surface area contributed by atoms with Crippen molar-refractivity contribution in [1.82, 2.24) is 15.5 Å². The summed E-state index contributed by atoms with van der Waals surface area (Å²) in [7, 11) is 2.97. The van der Waals surface area contributed by atoms with Crippen LogP contribution < -0.4 is 14.8 Å². The van der Waals surface area contributed by atoms with Crippen LogP contribution in [0, 0.1) is 5.82 Å². The van der Waals surface area contributed by atoms with Gasteiger partial charge in [0.1, 0.15) is 22.9 Å². The molecular weight excluding hydrogens is 353 g/mol. The minimum Gasteiger partial charge on any atom is -0.496 e. The van der Waals surface area contributed by atoms with E-state index in [1.807, 2.05) is 0 Å². The summed E-state index contributed by atoms with van der Waals surface area (Å²) in [6.07, 6.45) is 0.345. The van der Waals surface area contributed by atoms with Crippen molar-refractivity contribution in [2.24, 2.45) is 0 Å². The summed E-state index contributed by atoms with van der Waals surface area (Å²) in [6.45, 7) is 0.283. The Bertz CT molecular complexity index is 903. The second kappa shape index (κ2) is 8.31. The van der Waals surface area contributed by atoms with Crippen LogP contribution in [0.1, 0.15) is 16.2 Å². The van der Waals surface area contributed by atoms with Gasteiger partial charge in [-0.05, 0) is 36.4 Å². The maximum absolute atomic E-state index is 13.0. The number of amides is 1. The summed E-state index contributed by atoms with van der Waals surface area (Å²) in [4.78, 5) is 16.7. The lowest BCUT2D eigenvalue weighted by Gasteiger charge is -2.12. The standard InChI is InChI=1S/C19H18FN3O4/c1-25-14-4-3-5-15(26-2)17(14)19(24)21-11-10-16-22-18(23-27-16)12-6-8-13(20)9-7-12/h3-9H,10-11H2,1-2H3,(H,21,24). The highest BCUT2D eigenvalue weighted by Gasteiger charge is 2.18. The number of aromatic nitrogens is 2. The topological polar surface area (TPSA) is 86.5 Å². The van der Waals surface area contributed by atoms with Crippen molar-refractivity contribution in [2.45, 2.75) is 6.42 Å². The summed E-state index contributed by atoms with van der Waals surface area (Å²) in [5.74, 6) is 0.898. The highest BCUT2D eigenvalue weighted by molar-refractivity contribution is 5.99. The molecule has 0 unspecified atom stereocenters. The van der Waals surface area contributed by atoms with Gasteiger partial charge in [0.25, 0.3) is 5.91 Å². The Kier molecular flexibility index (Phi) is 5.65. The van der Waals surface area contributed by atoms with E-state index in [0.717, 1.165) is 0 Å². The zero-order valence-electron chi connectivity index (χ0n) is 14.9. The lowest BCUT2D eigenvalue weighted by molar-refractivity contribution is 0.0947. The summed E-state index contributed by atoms with van der Waals surface area (Å²) in [6, 6.07) is 10.9. The predicted molar refractivity (Wildman–Crippen MR) is 95.3 cm³/mol. The third-order valence-corrected chi connectivity index (χ3v) is 3.85. The second-order valence-electron chi connectivity index (χ2n) is 5.56. The molecule has 0 saturated heterocycles. The first-order valence-electron chi connectivity index (χ1n) is 8.20. The number of carbonyl (C=O) groups is 1. The molecule has 7 nitrogen and oxygen atoms in total. The lowest BCUT2D eigenvalue weighted by atomic mass is 10.1. The van der Waals surface area contributed by atoms with Gasteiger partial charge in [-0.2, -0.15) is 4.98 Å². The number of ether oxygens (including phenoxy) is 2. The third-order valence-electron chi connectivity index (χ3n) is 3.85. The summed E-state index contributed by atoms with van der Waals surface area (Å²) >= 11 is 0. The minimum atomic E-state index is -0.336. The van der Waals surface area contributed by atoms with Crippen molar-refractivity contribution < 1.29 is 23.2 Å². The van der Waals surface area contributed by atoms with E-state index >= 15 is 0 Å². The van der Waals surface area contributed by atoms with Crippen LogP contribution >= 0.6 is 0 Å². The van der Waals surface area contributed by atoms with Crippen molar-refractivity contribution in [2.75, 3.05) is 20.8 Å². The monoisotopic (exact) mass is 371 g/mol. The molecule has 3 rings (SSSR count). The lowest BCUT2D eigenvalue weighted by Crippen LogP contribution is -2.26. The number of hydrogen-bond acceptors (Lipinski definition) is 6. The molecule has 0 aliphatic rings. The molecule has 0 aliphatic carbocycles. The SMILES string of the molecule is COc1cccc(OC)c1C(=O)NCCc1nc(-c2ccc(F)cc2)no1. The van der Waals surface area contributed by atoms with E-state index in [4.69, 9.17) is 14.0 Å². The number of methoxy groups -OCH3 is 2. The van der Waals surface area contributed by atoms with Crippen LogP contribution in [0.15, 0.2) is 47.0 Å². The number of halogens is 1. The van der Waals surface area contributed by atoms with Gasteiger partial charge in [0, 0.05) is 18.5 Å². The van der Waals surface area contributed by atoms with Gasteiger partial charge in [-0.15, -0.1) is 0 Å². The summed E-state index contributed by atoms with van der Waals surface area (Å²) < 4.78 is 28.6. The van der Waals surface area contributed by atoms with Crippen LogP contribution in [0.2, 0.25) is 0 Å². The fourth-order valence-corrected chi connectivity index (χ4v) is 2.52. The van der Waals surface area contributed by atoms with Crippen molar-refractivity contribution in [3.63, 3.8) is 0 Å². The van der Waals surface area contributed by atoms with E-state index in [1.54, 1.807) is 30.3 Å². The second-order valence-corrected chi connectivity index (χ2v) is 5.56. The van der Waals surface area contributed by atoms with Crippen molar-refractivity contribution >= 4 is 5.91 Å². The maximum Gasteiger partial charge on any atom is 0.258 e. The normalized spacial score (nSPS) is 10.5. The molecule has 1 heterocycles. The van der Waals surface area contributed by atoms with Crippen molar-refractivity contribution in [1.29, 1.82) is 0 Å². The molecule has 1 amide bonds. The summed E-state index contributed by atoms with van der Waals surface area (Å²) in [5.41, 5.74) is 0.967. The van der Waals surface area contributed by atoms with Gasteiger partial charge in [-0.1, -0.05) is 11.2 Å². The number of nitrogens with one attached hydrogen (secondary N) is 1. The highest BCUT2D eigenvalue weighted by atomic mass is 19.1. The number of nitrogens with zero attached hydrogens (tertiary/aromatic N) is 2. The Morgan fingerprint density at radius 1 is 1.11 bits per heavy atom. The van der Waals surface area contributed by atoms with Crippen LogP contribution in [0.3, 0.4) is 0 Å². The van der Waals surface area contributed by atoms with Gasteiger partial charge in [0.2, 0.25) is 11.7 Å². The fraction of sp³-hybridized carbons (Fsp3) is 0.211. The van der Waals surface area contributed by atoms with Crippen LogP contribution in [0.4, 0.5) is 4.39 Å². The van der Waals surface area contributed by atoms with E-state index in [2.05, 4.69) is 15.5 Å². The third kappa shape index (κ3) is 4.22. The quantitative estimate of drug-likeness (QED) is 0.687. The average Bonchev–Trinajstić information content (AvgIpc) is 3.16. The van der Waals surface area contributed by atoms with E-state index < -0.39 is 0 Å². The molecule has 8 heteroatoms. The maximum atomic E-state index is 13.0. The van der Waals surface area contributed by atoms with Gasteiger partial charge >= 0.3 is 0 Å². The zero-order valence-corrected chi connectivity index (χ0v) is 14.9. The smallest absolute Gasteiger partial charge is 0.258 e. The molecule has 0 radical (unpaired) electrons. The highest BCUT2D eigenvalue weighted by Crippen LogP contribution is 2.27. The molecule has 0 atom stereocenters. The van der Waals surface area contributed by atoms with Crippen molar-refractivity contribution in [3.8, 4) is 22.9 Å². The molecule has 0 aliphatic heterocycles. The number of carbonyl (C=O) groups excluding carboxylic acids is 1. The molecule has 27 heavy (non-hydrogen) atoms. The van der Waals surface area contributed by atoms with Gasteiger partial charge < -0.3 is 19.3 Å². The van der Waals surface area contributed by atoms with E-state index in [-0.39, 0.29) is 18.3 Å². The van der Waals surface area contributed by atoms with Gasteiger partial charge in [0.05, 0.1) is 14.2 Å². The molecule has 140 valence electrons. The number of benzene rings is 2. The Balaban J connectivity index is 1.62. The largest absolute Gasteiger partial charge is 0.496 e. The van der Waals surface area contributed by atoms with Crippen molar-refractivity contribution in [3.05, 3.63) is 59.7 Å². The Labute approximate surface area is 155 Å². The number of hydrogen-bond donors (Lipinski definition) is 1. The van der Waals surface area contributed by atoms with E-state index in [9.17, 15) is 9.18 Å². The number of rotatable bonds is 7. The summed E-state index contributed by atoms with van der Waals surface area (Å²) in [5, 5.41) is 6.64. The Morgan fingerprint density at radius 3 is 2.41 bits per heavy atom. The minimum absolute atomic E-state index is 0.283. The Morgan fingerprint density at radius 2 is 1.78 bits per heavy atom. The zero-order chi connectivity index (χ0) is 19.2. The van der Waals surface area contributed by atoms with Gasteiger partial charge in [-0.25, -0.2) is 4.39 Å². The fourth-order valence-electron chi connectivity index (χ4n) is 2.52. The average molecular weight is 371 g/mol. The van der Waals surface area contributed by atoms with Gasteiger partial charge in [0.15, 0.2) is 0 Å². The molecule has 0 fully saturated rings. The van der Waals surface area contributed by atoms with Crippen LogP contribution in [-0.4, -0.2) is 36.8 Å². The first-order chi connectivity index (χ1) is 13.1. The molecule has 0 saturated carbocycles. The molecule has 2 aromatic carbocycles. The molecule has 1 N–H and O–H groups in total. The van der Waals surface area contributed by atoms with Gasteiger partial charge in [-0.3, -0.25) is 4.79 Å². The van der Waals surface area contributed by atoms with Crippen LogP contribution in [-0.2, 0) is 6.42 Å². The van der Waals surface area contributed by atoms with Crippen LogP contribution in [0.25, 0.3) is 11.4 Å². The Hall–Kier alpha value is -3.42. The first-order valence-corrected chi connectivity index (χ1v) is 8.20. The predicted octanol–water partition coefficient (Wildman–Crippen LogP) is 2.87. The van der Waals surface area contributed by atoms with E-state index in [1.165, 1.54) is 26.4 Å². The molecule has 0 spiro atoms.